The van der Waals surface area contributed by atoms with E-state index in [1.807, 2.05) is 0 Å². The first-order valence-corrected chi connectivity index (χ1v) is 5.61. The fourth-order valence-electron chi connectivity index (χ4n) is 1.61. The molecule has 0 aromatic heterocycles. The van der Waals surface area contributed by atoms with Gasteiger partial charge in [-0.15, -0.1) is 0 Å². The first kappa shape index (κ1) is 14.2. The molecule has 0 bridgehead atoms. The Morgan fingerprint density at radius 3 is 2.11 bits per heavy atom. The van der Waals surface area contributed by atoms with Gasteiger partial charge in [0.05, 0.1) is 6.54 Å². The summed E-state index contributed by atoms with van der Waals surface area (Å²) in [7, 11) is 0. The minimum Gasteiger partial charge on any atom is -0.479 e. The van der Waals surface area contributed by atoms with Gasteiger partial charge in [-0.1, -0.05) is 0 Å². The topological polar surface area (TPSA) is 110 Å². The molecule has 1 atom stereocenters. The molecule has 0 aromatic rings. The van der Waals surface area contributed by atoms with Crippen LogP contribution in [0.3, 0.4) is 0 Å². The molecule has 1 rings (SSSR count). The number of aliphatic hydroxyl groups excluding tert-OH is 1. The lowest BCUT2D eigenvalue weighted by atomic mass is 10.3. The van der Waals surface area contributed by atoms with Gasteiger partial charge >= 0.3 is 12.0 Å². The first-order chi connectivity index (χ1) is 8.41. The Hall–Kier alpha value is -1.83. The fourth-order valence-corrected chi connectivity index (χ4v) is 1.61. The van der Waals surface area contributed by atoms with Crippen LogP contribution in [0.2, 0.25) is 0 Å². The Balaban J connectivity index is 2.32. The molecule has 8 heteroatoms. The molecule has 1 fully saturated rings. The largest absolute Gasteiger partial charge is 0.479 e. The van der Waals surface area contributed by atoms with E-state index >= 15 is 0 Å². The van der Waals surface area contributed by atoms with Crippen LogP contribution in [-0.4, -0.2) is 76.7 Å². The lowest BCUT2D eigenvalue weighted by Crippen LogP contribution is -2.53. The Labute approximate surface area is 104 Å². The molecule has 0 saturated carbocycles. The fraction of sp³-hybridized carbons (Fsp3) is 0.700. The first-order valence-electron chi connectivity index (χ1n) is 5.61. The van der Waals surface area contributed by atoms with Crippen molar-refractivity contribution >= 4 is 17.9 Å². The number of carboxylic acids is 1. The SMILES string of the molecule is CC(=O)N1CCN(C(=O)NCC(O)C(=O)O)CC1. The van der Waals surface area contributed by atoms with Crippen LogP contribution in [0.15, 0.2) is 0 Å². The van der Waals surface area contributed by atoms with Gasteiger partial charge in [0.1, 0.15) is 0 Å². The summed E-state index contributed by atoms with van der Waals surface area (Å²) in [5.74, 6) is -1.41. The van der Waals surface area contributed by atoms with E-state index in [4.69, 9.17) is 10.2 Å². The van der Waals surface area contributed by atoms with Crippen molar-refractivity contribution in [1.82, 2.24) is 15.1 Å². The molecular weight excluding hydrogens is 242 g/mol. The molecule has 102 valence electrons. The average Bonchev–Trinajstić information content (AvgIpc) is 2.35. The quantitative estimate of drug-likeness (QED) is 0.560. The van der Waals surface area contributed by atoms with Crippen molar-refractivity contribution in [2.24, 2.45) is 0 Å². The van der Waals surface area contributed by atoms with Crippen molar-refractivity contribution in [3.05, 3.63) is 0 Å². The third-order valence-electron chi connectivity index (χ3n) is 2.74. The van der Waals surface area contributed by atoms with Crippen molar-refractivity contribution in [2.45, 2.75) is 13.0 Å². The number of carbonyl (C=O) groups is 3. The van der Waals surface area contributed by atoms with Gasteiger partial charge in [-0.05, 0) is 0 Å². The van der Waals surface area contributed by atoms with Gasteiger partial charge < -0.3 is 25.3 Å². The van der Waals surface area contributed by atoms with E-state index in [1.165, 1.54) is 11.8 Å². The molecule has 3 amide bonds. The van der Waals surface area contributed by atoms with Crippen LogP contribution in [0.4, 0.5) is 4.79 Å². The zero-order valence-electron chi connectivity index (χ0n) is 10.1. The molecule has 3 N–H and O–H groups in total. The molecule has 0 radical (unpaired) electrons. The molecular formula is C10H17N3O5. The zero-order valence-corrected chi connectivity index (χ0v) is 10.1. The maximum Gasteiger partial charge on any atom is 0.334 e. The van der Waals surface area contributed by atoms with E-state index in [0.29, 0.717) is 26.2 Å². The number of aliphatic carboxylic acids is 1. The van der Waals surface area contributed by atoms with Crippen LogP contribution in [0.5, 0.6) is 0 Å². The number of amides is 3. The Morgan fingerprint density at radius 2 is 1.67 bits per heavy atom. The zero-order chi connectivity index (χ0) is 13.7. The molecule has 1 aliphatic rings. The average molecular weight is 259 g/mol. The lowest BCUT2D eigenvalue weighted by molar-refractivity contribution is -0.146. The highest BCUT2D eigenvalue weighted by molar-refractivity contribution is 5.77. The van der Waals surface area contributed by atoms with Crippen molar-refractivity contribution in [3.63, 3.8) is 0 Å². The van der Waals surface area contributed by atoms with Gasteiger partial charge in [0.25, 0.3) is 0 Å². The maximum atomic E-state index is 11.6. The van der Waals surface area contributed by atoms with Gasteiger partial charge in [0.2, 0.25) is 5.91 Å². The number of aliphatic hydroxyl groups is 1. The summed E-state index contributed by atoms with van der Waals surface area (Å²) in [6.07, 6.45) is -1.60. The van der Waals surface area contributed by atoms with Crippen molar-refractivity contribution < 1.29 is 24.6 Å². The van der Waals surface area contributed by atoms with Crippen molar-refractivity contribution in [2.75, 3.05) is 32.7 Å². The van der Waals surface area contributed by atoms with Gasteiger partial charge in [-0.25, -0.2) is 9.59 Å². The van der Waals surface area contributed by atoms with E-state index in [9.17, 15) is 14.4 Å². The number of carbonyl (C=O) groups excluding carboxylic acids is 2. The second-order valence-corrected chi connectivity index (χ2v) is 4.03. The van der Waals surface area contributed by atoms with E-state index < -0.39 is 18.1 Å². The third-order valence-corrected chi connectivity index (χ3v) is 2.74. The summed E-state index contributed by atoms with van der Waals surface area (Å²) < 4.78 is 0. The maximum absolute atomic E-state index is 11.6. The highest BCUT2D eigenvalue weighted by atomic mass is 16.4. The van der Waals surface area contributed by atoms with E-state index in [0.717, 1.165) is 0 Å². The van der Waals surface area contributed by atoms with Crippen molar-refractivity contribution in [1.29, 1.82) is 0 Å². The number of nitrogens with zero attached hydrogens (tertiary/aromatic N) is 2. The second kappa shape index (κ2) is 6.20. The van der Waals surface area contributed by atoms with Crippen LogP contribution >= 0.6 is 0 Å². The molecule has 1 aliphatic heterocycles. The molecule has 1 saturated heterocycles. The number of rotatable bonds is 3. The summed E-state index contributed by atoms with van der Waals surface area (Å²) in [4.78, 5) is 36.1. The Bertz CT molecular complexity index is 338. The summed E-state index contributed by atoms with van der Waals surface area (Å²) in [6.45, 7) is 2.86. The third kappa shape index (κ3) is 3.88. The minimum absolute atomic E-state index is 0.0312. The number of carboxylic acid groups (broad SMARTS) is 1. The van der Waals surface area contributed by atoms with Gasteiger partial charge in [-0.3, -0.25) is 4.79 Å². The summed E-state index contributed by atoms with van der Waals surface area (Å²) in [6, 6.07) is -0.432. The number of hydrogen-bond acceptors (Lipinski definition) is 4. The smallest absolute Gasteiger partial charge is 0.334 e. The van der Waals surface area contributed by atoms with Crippen molar-refractivity contribution in [3.8, 4) is 0 Å². The predicted octanol–water partition coefficient (Wildman–Crippen LogP) is -1.69. The highest BCUT2D eigenvalue weighted by Crippen LogP contribution is 2.02. The number of hydrogen-bond donors (Lipinski definition) is 3. The number of urea groups is 1. The second-order valence-electron chi connectivity index (χ2n) is 4.03. The van der Waals surface area contributed by atoms with E-state index in [-0.39, 0.29) is 12.5 Å². The highest BCUT2D eigenvalue weighted by Gasteiger charge is 2.23. The van der Waals surface area contributed by atoms with Crippen LogP contribution in [0.1, 0.15) is 6.92 Å². The van der Waals surface area contributed by atoms with Crippen LogP contribution in [-0.2, 0) is 9.59 Å². The summed E-state index contributed by atoms with van der Waals surface area (Å²) >= 11 is 0. The minimum atomic E-state index is -1.60. The lowest BCUT2D eigenvalue weighted by Gasteiger charge is -2.34. The van der Waals surface area contributed by atoms with E-state index in [2.05, 4.69) is 5.32 Å². The number of nitrogens with one attached hydrogen (secondary N) is 1. The predicted molar refractivity (Wildman–Crippen MR) is 60.9 cm³/mol. The normalized spacial score (nSPS) is 17.2. The van der Waals surface area contributed by atoms with E-state index in [1.54, 1.807) is 4.90 Å². The Kier molecular flexibility index (Phi) is 4.90. The van der Waals surface area contributed by atoms with Gasteiger partial charge in [-0.2, -0.15) is 0 Å². The Morgan fingerprint density at radius 1 is 1.17 bits per heavy atom. The molecule has 0 spiro atoms. The van der Waals surface area contributed by atoms with Gasteiger partial charge in [0.15, 0.2) is 6.10 Å². The molecule has 1 heterocycles. The van der Waals surface area contributed by atoms with Gasteiger partial charge in [0, 0.05) is 33.1 Å². The monoisotopic (exact) mass is 259 g/mol. The standard InChI is InChI=1S/C10H17N3O5/c1-7(14)12-2-4-13(5-3-12)10(18)11-6-8(15)9(16)17/h8,15H,2-6H2,1H3,(H,11,18)(H,16,17). The van der Waals surface area contributed by atoms with Crippen LogP contribution in [0, 0.1) is 0 Å². The van der Waals surface area contributed by atoms with Crippen LogP contribution in [0.25, 0.3) is 0 Å². The molecule has 0 aliphatic carbocycles. The summed E-state index contributed by atoms with van der Waals surface area (Å²) in [5.41, 5.74) is 0. The number of piperazine rings is 1. The summed E-state index contributed by atoms with van der Waals surface area (Å²) in [5, 5.41) is 19.8. The van der Waals surface area contributed by atoms with Crippen LogP contribution < -0.4 is 5.32 Å². The molecule has 0 aromatic carbocycles. The molecule has 8 nitrogen and oxygen atoms in total. The molecule has 18 heavy (non-hydrogen) atoms. The molecule has 1 unspecified atom stereocenters.